The molecule has 0 saturated carbocycles. The van der Waals surface area contributed by atoms with E-state index >= 15 is 0 Å². The van der Waals surface area contributed by atoms with Gasteiger partial charge in [-0.25, -0.2) is 9.78 Å². The van der Waals surface area contributed by atoms with Gasteiger partial charge < -0.3 is 13.6 Å². The Balaban J connectivity index is 1.45. The molecule has 0 unspecified atom stereocenters. The zero-order chi connectivity index (χ0) is 15.6. The van der Waals surface area contributed by atoms with Crippen LogP contribution in [0.4, 0.5) is 0 Å². The maximum atomic E-state index is 12.1. The van der Waals surface area contributed by atoms with Crippen molar-refractivity contribution in [2.24, 2.45) is 0 Å². The summed E-state index contributed by atoms with van der Waals surface area (Å²) in [5.41, 5.74) is 1.21. The number of aromatic nitrogens is 1. The van der Waals surface area contributed by atoms with E-state index < -0.39 is 5.97 Å². The number of esters is 1. The van der Waals surface area contributed by atoms with E-state index in [0.717, 1.165) is 10.3 Å². The van der Waals surface area contributed by atoms with Gasteiger partial charge in [-0.3, -0.25) is 0 Å². The first-order valence-electron chi connectivity index (χ1n) is 6.93. The number of carbonyl (C=O) groups excluding carboxylic acids is 1. The molecular weight excluding hydrogens is 314 g/mol. The molecule has 0 N–H and O–H groups in total. The minimum atomic E-state index is -0.526. The minimum absolute atomic E-state index is 0.0325. The number of furan rings is 1. The highest BCUT2D eigenvalue weighted by atomic mass is 32.1. The van der Waals surface area contributed by atoms with Crippen molar-refractivity contribution >= 4 is 28.3 Å². The van der Waals surface area contributed by atoms with Crippen LogP contribution in [0.25, 0.3) is 21.7 Å². The van der Waals surface area contributed by atoms with Gasteiger partial charge in [-0.2, -0.15) is 0 Å². The van der Waals surface area contributed by atoms with Gasteiger partial charge in [0, 0.05) is 5.39 Å². The number of ether oxygens (including phenoxy) is 1. The molecule has 1 aromatic carbocycles. The van der Waals surface area contributed by atoms with Crippen molar-refractivity contribution in [3.63, 3.8) is 0 Å². The molecule has 4 aromatic rings. The van der Waals surface area contributed by atoms with E-state index in [9.17, 15) is 4.79 Å². The summed E-state index contributed by atoms with van der Waals surface area (Å²) < 4.78 is 16.1. The van der Waals surface area contributed by atoms with E-state index in [1.54, 1.807) is 12.1 Å². The van der Waals surface area contributed by atoms with Gasteiger partial charge in [0.25, 0.3) is 0 Å². The third kappa shape index (κ3) is 2.76. The van der Waals surface area contributed by atoms with Gasteiger partial charge in [-0.1, -0.05) is 24.3 Å². The first-order chi connectivity index (χ1) is 11.3. The van der Waals surface area contributed by atoms with Crippen LogP contribution in [0, 0.1) is 0 Å². The predicted octanol–water partition coefficient (Wildman–Crippen LogP) is 4.51. The Morgan fingerprint density at radius 1 is 1.22 bits per heavy atom. The molecule has 6 heteroatoms. The summed E-state index contributed by atoms with van der Waals surface area (Å²) in [5, 5.41) is 2.81. The van der Waals surface area contributed by atoms with Crippen LogP contribution in [-0.2, 0) is 11.3 Å². The Labute approximate surface area is 135 Å². The third-order valence-electron chi connectivity index (χ3n) is 3.26. The monoisotopic (exact) mass is 325 g/mol. The van der Waals surface area contributed by atoms with Crippen LogP contribution in [0.2, 0.25) is 0 Å². The Kier molecular flexibility index (Phi) is 3.44. The van der Waals surface area contributed by atoms with Crippen LogP contribution in [0.5, 0.6) is 0 Å². The molecule has 0 saturated heterocycles. The lowest BCUT2D eigenvalue weighted by Crippen LogP contribution is -2.04. The highest BCUT2D eigenvalue weighted by molar-refractivity contribution is 7.13. The molecule has 5 nitrogen and oxygen atoms in total. The summed E-state index contributed by atoms with van der Waals surface area (Å²) in [6.07, 6.45) is 1.49. The first kappa shape index (κ1) is 13.8. The fourth-order valence-corrected chi connectivity index (χ4v) is 2.84. The van der Waals surface area contributed by atoms with Crippen LogP contribution in [0.3, 0.4) is 0 Å². The summed E-state index contributed by atoms with van der Waals surface area (Å²) >= 11 is 1.53. The standard InChI is InChI=1S/C17H11NO4S/c19-17(14-8-11-4-1-2-5-13(11)22-14)21-10-12-9-20-16(18-12)15-6-3-7-23-15/h1-9H,10H2. The number of fused-ring (bicyclic) bond motifs is 1. The summed E-state index contributed by atoms with van der Waals surface area (Å²) in [6.45, 7) is 0.0325. The Bertz CT molecular complexity index is 919. The molecule has 0 aliphatic heterocycles. The number of carbonyl (C=O) groups is 1. The quantitative estimate of drug-likeness (QED) is 0.517. The molecule has 3 aromatic heterocycles. The number of oxazole rings is 1. The molecule has 0 radical (unpaired) electrons. The van der Waals surface area contributed by atoms with Crippen molar-refractivity contribution in [1.82, 2.24) is 4.98 Å². The zero-order valence-electron chi connectivity index (χ0n) is 11.9. The molecule has 23 heavy (non-hydrogen) atoms. The van der Waals surface area contributed by atoms with Crippen molar-refractivity contribution in [3.8, 4) is 10.8 Å². The maximum Gasteiger partial charge on any atom is 0.374 e. The summed E-state index contributed by atoms with van der Waals surface area (Å²) in [7, 11) is 0. The topological polar surface area (TPSA) is 65.5 Å². The molecule has 114 valence electrons. The molecular formula is C17H11NO4S. The number of hydrogen-bond donors (Lipinski definition) is 0. The van der Waals surface area contributed by atoms with Gasteiger partial charge in [0.2, 0.25) is 11.7 Å². The smallest absolute Gasteiger partial charge is 0.374 e. The lowest BCUT2D eigenvalue weighted by Gasteiger charge is -1.98. The SMILES string of the molecule is O=C(OCc1coc(-c2cccs2)n1)c1cc2ccccc2o1. The molecule has 0 bridgehead atoms. The van der Waals surface area contributed by atoms with Gasteiger partial charge in [0.1, 0.15) is 24.1 Å². The molecule has 4 rings (SSSR count). The number of rotatable bonds is 4. The number of benzene rings is 1. The van der Waals surface area contributed by atoms with E-state index in [1.165, 1.54) is 17.6 Å². The molecule has 0 fully saturated rings. The Hall–Kier alpha value is -2.86. The summed E-state index contributed by atoms with van der Waals surface area (Å²) in [6, 6.07) is 12.9. The van der Waals surface area contributed by atoms with Gasteiger partial charge in [-0.05, 0) is 23.6 Å². The number of nitrogens with zero attached hydrogens (tertiary/aromatic N) is 1. The maximum absolute atomic E-state index is 12.1. The van der Waals surface area contributed by atoms with E-state index in [0.29, 0.717) is 17.2 Å². The van der Waals surface area contributed by atoms with Crippen molar-refractivity contribution in [1.29, 1.82) is 0 Å². The second kappa shape index (κ2) is 5.73. The second-order valence-corrected chi connectivity index (χ2v) is 5.79. The summed E-state index contributed by atoms with van der Waals surface area (Å²) in [4.78, 5) is 17.3. The molecule has 0 aliphatic carbocycles. The lowest BCUT2D eigenvalue weighted by atomic mass is 10.2. The molecule has 0 amide bonds. The number of thiophene rings is 1. The molecule has 3 heterocycles. The average molecular weight is 325 g/mol. The van der Waals surface area contributed by atoms with Crippen LogP contribution in [0.15, 0.2) is 62.9 Å². The fraction of sp³-hybridized carbons (Fsp3) is 0.0588. The van der Waals surface area contributed by atoms with Crippen molar-refractivity contribution < 1.29 is 18.4 Å². The number of hydrogen-bond acceptors (Lipinski definition) is 6. The van der Waals surface area contributed by atoms with Gasteiger partial charge in [0.05, 0.1) is 4.88 Å². The Morgan fingerprint density at radius 2 is 2.13 bits per heavy atom. The van der Waals surface area contributed by atoms with E-state index in [-0.39, 0.29) is 12.4 Å². The molecule has 0 spiro atoms. The van der Waals surface area contributed by atoms with Gasteiger partial charge in [0.15, 0.2) is 0 Å². The highest BCUT2D eigenvalue weighted by Crippen LogP contribution is 2.24. The normalized spacial score (nSPS) is 11.0. The van der Waals surface area contributed by atoms with Crippen LogP contribution >= 0.6 is 11.3 Å². The number of para-hydroxylation sites is 1. The molecule has 0 aliphatic rings. The van der Waals surface area contributed by atoms with Crippen molar-refractivity contribution in [2.75, 3.05) is 0 Å². The van der Waals surface area contributed by atoms with Crippen molar-refractivity contribution in [3.05, 3.63) is 65.6 Å². The van der Waals surface area contributed by atoms with Crippen molar-refractivity contribution in [2.45, 2.75) is 6.61 Å². The average Bonchev–Trinajstić information content (AvgIpc) is 3.31. The van der Waals surface area contributed by atoms with Crippen LogP contribution in [-0.4, -0.2) is 11.0 Å². The van der Waals surface area contributed by atoms with E-state index in [4.69, 9.17) is 13.6 Å². The largest absolute Gasteiger partial charge is 0.453 e. The van der Waals surface area contributed by atoms with Gasteiger partial charge in [-0.15, -0.1) is 11.3 Å². The van der Waals surface area contributed by atoms with E-state index in [2.05, 4.69) is 4.98 Å². The lowest BCUT2D eigenvalue weighted by molar-refractivity contribution is 0.0434. The molecule has 0 atom stereocenters. The van der Waals surface area contributed by atoms with Crippen LogP contribution in [0.1, 0.15) is 16.2 Å². The van der Waals surface area contributed by atoms with E-state index in [1.807, 2.05) is 35.7 Å². The van der Waals surface area contributed by atoms with Crippen LogP contribution < -0.4 is 0 Å². The minimum Gasteiger partial charge on any atom is -0.453 e. The third-order valence-corrected chi connectivity index (χ3v) is 4.12. The Morgan fingerprint density at radius 3 is 2.96 bits per heavy atom. The zero-order valence-corrected chi connectivity index (χ0v) is 12.7. The highest BCUT2D eigenvalue weighted by Gasteiger charge is 2.15. The van der Waals surface area contributed by atoms with Gasteiger partial charge >= 0.3 is 5.97 Å². The fourth-order valence-electron chi connectivity index (χ4n) is 2.18. The summed E-state index contributed by atoms with van der Waals surface area (Å²) in [5.74, 6) is 0.171. The second-order valence-electron chi connectivity index (χ2n) is 4.85. The predicted molar refractivity (Wildman–Crippen MR) is 85.1 cm³/mol. The first-order valence-corrected chi connectivity index (χ1v) is 7.81.